The molecule has 0 saturated heterocycles. The summed E-state index contributed by atoms with van der Waals surface area (Å²) in [7, 11) is 0. The van der Waals surface area contributed by atoms with Gasteiger partial charge in [-0.2, -0.15) is 8.78 Å². The second-order valence-electron chi connectivity index (χ2n) is 6.22. The lowest BCUT2D eigenvalue weighted by Crippen LogP contribution is -2.14. The van der Waals surface area contributed by atoms with Gasteiger partial charge in [-0.15, -0.1) is 10.2 Å². The lowest BCUT2D eigenvalue weighted by atomic mass is 9.91. The molecule has 2 aromatic heterocycles. The van der Waals surface area contributed by atoms with E-state index in [9.17, 15) is 13.2 Å². The minimum atomic E-state index is -2.83. The largest absolute Gasteiger partial charge is 0.415 e. The Morgan fingerprint density at radius 3 is 2.46 bits per heavy atom. The first kappa shape index (κ1) is 17.0. The molecular formula is C17H12ClF3N4O. The minimum Gasteiger partial charge on any atom is -0.415 e. The summed E-state index contributed by atoms with van der Waals surface area (Å²) in [5.74, 6) is -0.637. The van der Waals surface area contributed by atoms with E-state index in [4.69, 9.17) is 16.0 Å². The second kappa shape index (κ2) is 6.35. The summed E-state index contributed by atoms with van der Waals surface area (Å²) in [6, 6.07) is 4.67. The molecule has 0 unspecified atom stereocenters. The first-order valence-corrected chi connectivity index (χ1v) is 8.23. The topological polar surface area (TPSA) is 64.7 Å². The number of hydrogen-bond donors (Lipinski definition) is 0. The van der Waals surface area contributed by atoms with Crippen LogP contribution in [0.2, 0.25) is 5.02 Å². The standard InChI is InChI=1S/C17H12ClF3N4O/c18-10-1-2-11(12(19)5-10)17(3-4-17)6-13-22-7-9(8-23-13)15-24-25-16(26-15)14(20)21/h1-2,5,7-8,14H,3-4,6H2. The number of benzene rings is 1. The van der Waals surface area contributed by atoms with Crippen LogP contribution >= 0.6 is 11.6 Å². The monoisotopic (exact) mass is 380 g/mol. The Bertz CT molecular complexity index is 941. The molecule has 0 N–H and O–H groups in total. The van der Waals surface area contributed by atoms with Crippen LogP contribution in [0.1, 0.15) is 36.5 Å². The zero-order valence-corrected chi connectivity index (χ0v) is 14.1. The van der Waals surface area contributed by atoms with Gasteiger partial charge in [-0.05, 0) is 30.5 Å². The number of aromatic nitrogens is 4. The molecule has 4 rings (SSSR count). The maximum Gasteiger partial charge on any atom is 0.314 e. The average Bonchev–Trinajstić information content (AvgIpc) is 3.19. The molecule has 0 radical (unpaired) electrons. The second-order valence-corrected chi connectivity index (χ2v) is 6.65. The average molecular weight is 381 g/mol. The van der Waals surface area contributed by atoms with E-state index in [2.05, 4.69) is 20.2 Å². The molecule has 3 aromatic rings. The van der Waals surface area contributed by atoms with Gasteiger partial charge in [0.1, 0.15) is 11.6 Å². The number of rotatable bonds is 5. The van der Waals surface area contributed by atoms with Crippen molar-refractivity contribution >= 4 is 11.6 Å². The highest BCUT2D eigenvalue weighted by Crippen LogP contribution is 2.51. The van der Waals surface area contributed by atoms with Gasteiger partial charge in [-0.25, -0.2) is 14.4 Å². The molecule has 1 aliphatic carbocycles. The Morgan fingerprint density at radius 2 is 1.88 bits per heavy atom. The molecular weight excluding hydrogens is 369 g/mol. The first-order chi connectivity index (χ1) is 12.5. The minimum absolute atomic E-state index is 0.0725. The van der Waals surface area contributed by atoms with Crippen molar-refractivity contribution in [2.45, 2.75) is 31.1 Å². The van der Waals surface area contributed by atoms with Gasteiger partial charge in [-0.1, -0.05) is 17.7 Å². The number of nitrogens with zero attached hydrogens (tertiary/aromatic N) is 4. The fraction of sp³-hybridized carbons (Fsp3) is 0.294. The van der Waals surface area contributed by atoms with Crippen molar-refractivity contribution in [2.75, 3.05) is 0 Å². The molecule has 2 heterocycles. The summed E-state index contributed by atoms with van der Waals surface area (Å²) in [6.45, 7) is 0. The van der Waals surface area contributed by atoms with Crippen LogP contribution < -0.4 is 0 Å². The summed E-state index contributed by atoms with van der Waals surface area (Å²) < 4.78 is 44.1. The highest BCUT2D eigenvalue weighted by atomic mass is 35.5. The highest BCUT2D eigenvalue weighted by Gasteiger charge is 2.46. The zero-order valence-electron chi connectivity index (χ0n) is 13.3. The SMILES string of the molecule is Fc1cc(Cl)ccc1C1(Cc2ncc(-c3nnc(C(F)F)o3)cn2)CC1. The fourth-order valence-corrected chi connectivity index (χ4v) is 3.07. The van der Waals surface area contributed by atoms with Crippen molar-refractivity contribution in [1.82, 2.24) is 20.2 Å². The Kier molecular flexibility index (Phi) is 4.14. The van der Waals surface area contributed by atoms with Gasteiger partial charge in [0.15, 0.2) is 0 Å². The maximum absolute atomic E-state index is 14.2. The summed E-state index contributed by atoms with van der Waals surface area (Å²) in [5.41, 5.74) is 0.618. The first-order valence-electron chi connectivity index (χ1n) is 7.85. The molecule has 9 heteroatoms. The van der Waals surface area contributed by atoms with Gasteiger partial charge in [0.05, 0.1) is 5.56 Å². The molecule has 1 aromatic carbocycles. The Balaban J connectivity index is 1.54. The summed E-state index contributed by atoms with van der Waals surface area (Å²) in [6.07, 6.45) is 2.16. The van der Waals surface area contributed by atoms with Crippen molar-refractivity contribution in [3.05, 3.63) is 58.7 Å². The van der Waals surface area contributed by atoms with E-state index >= 15 is 0 Å². The van der Waals surface area contributed by atoms with Crippen molar-refractivity contribution in [3.8, 4) is 11.5 Å². The molecule has 0 bridgehead atoms. The number of halogens is 4. The van der Waals surface area contributed by atoms with E-state index in [0.717, 1.165) is 12.8 Å². The van der Waals surface area contributed by atoms with Crippen LogP contribution in [0.3, 0.4) is 0 Å². The third-order valence-corrected chi connectivity index (χ3v) is 4.67. The lowest BCUT2D eigenvalue weighted by Gasteiger charge is -2.15. The third kappa shape index (κ3) is 3.16. The predicted molar refractivity (Wildman–Crippen MR) is 86.3 cm³/mol. The summed E-state index contributed by atoms with van der Waals surface area (Å²) in [4.78, 5) is 8.46. The third-order valence-electron chi connectivity index (χ3n) is 4.43. The maximum atomic E-state index is 14.2. The van der Waals surface area contributed by atoms with E-state index in [1.165, 1.54) is 18.5 Å². The molecule has 134 valence electrons. The van der Waals surface area contributed by atoms with Crippen molar-refractivity contribution in [2.24, 2.45) is 0 Å². The van der Waals surface area contributed by atoms with Gasteiger partial charge in [-0.3, -0.25) is 0 Å². The highest BCUT2D eigenvalue weighted by molar-refractivity contribution is 6.30. The van der Waals surface area contributed by atoms with Crippen molar-refractivity contribution in [3.63, 3.8) is 0 Å². The zero-order chi connectivity index (χ0) is 18.3. The van der Waals surface area contributed by atoms with Gasteiger partial charge in [0.2, 0.25) is 0 Å². The van der Waals surface area contributed by atoms with Crippen LogP contribution in [0.25, 0.3) is 11.5 Å². The Morgan fingerprint density at radius 1 is 1.15 bits per heavy atom. The normalized spacial score (nSPS) is 15.4. The van der Waals surface area contributed by atoms with Crippen LogP contribution in [-0.4, -0.2) is 20.2 Å². The lowest BCUT2D eigenvalue weighted by molar-refractivity contribution is 0.116. The Hall–Kier alpha value is -2.48. The fourth-order valence-electron chi connectivity index (χ4n) is 2.91. The van der Waals surface area contributed by atoms with Gasteiger partial charge in [0, 0.05) is 29.3 Å². The number of alkyl halides is 2. The molecule has 0 atom stereocenters. The van der Waals surface area contributed by atoms with Gasteiger partial charge < -0.3 is 4.42 Å². The molecule has 1 fully saturated rings. The van der Waals surface area contributed by atoms with Crippen molar-refractivity contribution < 1.29 is 17.6 Å². The van der Waals surface area contributed by atoms with E-state index in [1.54, 1.807) is 12.1 Å². The van der Waals surface area contributed by atoms with E-state index in [-0.39, 0.29) is 17.1 Å². The number of hydrogen-bond acceptors (Lipinski definition) is 5. The molecule has 0 aliphatic heterocycles. The van der Waals surface area contributed by atoms with Gasteiger partial charge >= 0.3 is 6.43 Å². The van der Waals surface area contributed by atoms with Crippen LogP contribution in [0.4, 0.5) is 13.2 Å². The molecule has 0 spiro atoms. The van der Waals surface area contributed by atoms with E-state index < -0.39 is 12.3 Å². The Labute approximate surface area is 151 Å². The predicted octanol–water partition coefficient (Wildman–Crippen LogP) is 4.53. The molecule has 1 aliphatic rings. The molecule has 0 amide bonds. The van der Waals surface area contributed by atoms with E-state index in [0.29, 0.717) is 28.4 Å². The quantitative estimate of drug-likeness (QED) is 0.650. The summed E-state index contributed by atoms with van der Waals surface area (Å²) in [5, 5.41) is 7.17. The van der Waals surface area contributed by atoms with Gasteiger partial charge in [0.25, 0.3) is 11.8 Å². The molecule has 5 nitrogen and oxygen atoms in total. The molecule has 1 saturated carbocycles. The van der Waals surface area contributed by atoms with Crippen molar-refractivity contribution in [1.29, 1.82) is 0 Å². The van der Waals surface area contributed by atoms with Crippen LogP contribution in [0.15, 0.2) is 35.0 Å². The van der Waals surface area contributed by atoms with Crippen LogP contribution in [-0.2, 0) is 11.8 Å². The van der Waals surface area contributed by atoms with E-state index in [1.807, 2.05) is 0 Å². The van der Waals surface area contributed by atoms with Crippen LogP contribution in [0.5, 0.6) is 0 Å². The molecule has 26 heavy (non-hydrogen) atoms. The summed E-state index contributed by atoms with van der Waals surface area (Å²) >= 11 is 5.81. The van der Waals surface area contributed by atoms with Crippen LogP contribution in [0, 0.1) is 5.82 Å². The smallest absolute Gasteiger partial charge is 0.314 e.